The molecule has 0 aliphatic heterocycles. The van der Waals surface area contributed by atoms with Crippen LogP contribution in [0, 0.1) is 17.3 Å². The topological polar surface area (TPSA) is 29.3 Å². The van der Waals surface area contributed by atoms with Crippen LogP contribution in [0.25, 0.3) is 0 Å². The third kappa shape index (κ3) is 2.77. The Morgan fingerprint density at radius 1 is 1.44 bits per heavy atom. The Hall–Kier alpha value is -0.540. The summed E-state index contributed by atoms with van der Waals surface area (Å²) in [6.07, 6.45) is 3.37. The molecule has 2 unspecified atom stereocenters. The molecular formula is C11H16Cl2NO2+. The standard InChI is InChI=1S/C11H16Cl2NO2/c1-5-14(4)16-10(15)9-7(6-8(12)13)11(9,2)3/h5-7,9H,1-4H3/q+1. The summed E-state index contributed by atoms with van der Waals surface area (Å²) in [5, 5.41) is 0. The van der Waals surface area contributed by atoms with Crippen LogP contribution in [0.4, 0.5) is 0 Å². The van der Waals surface area contributed by atoms with Gasteiger partial charge in [0, 0.05) is 6.92 Å². The van der Waals surface area contributed by atoms with Crippen LogP contribution in [0.2, 0.25) is 0 Å². The highest BCUT2D eigenvalue weighted by Crippen LogP contribution is 2.60. The second kappa shape index (κ2) is 4.76. The molecule has 0 spiro atoms. The van der Waals surface area contributed by atoms with E-state index in [1.54, 1.807) is 26.3 Å². The van der Waals surface area contributed by atoms with E-state index in [0.717, 1.165) is 0 Å². The number of carbonyl (C=O) groups is 1. The van der Waals surface area contributed by atoms with Crippen molar-refractivity contribution < 1.29 is 14.4 Å². The molecule has 0 radical (unpaired) electrons. The van der Waals surface area contributed by atoms with Crippen LogP contribution in [0.5, 0.6) is 0 Å². The van der Waals surface area contributed by atoms with Gasteiger partial charge >= 0.3 is 5.97 Å². The Balaban J connectivity index is 2.70. The molecule has 0 bridgehead atoms. The van der Waals surface area contributed by atoms with Gasteiger partial charge in [0.2, 0.25) is 0 Å². The van der Waals surface area contributed by atoms with Gasteiger partial charge in [-0.1, -0.05) is 37.0 Å². The summed E-state index contributed by atoms with van der Waals surface area (Å²) in [6.45, 7) is 5.78. The van der Waals surface area contributed by atoms with Gasteiger partial charge in [-0.2, -0.15) is 4.84 Å². The second-order valence-electron chi connectivity index (χ2n) is 4.50. The van der Waals surface area contributed by atoms with Crippen molar-refractivity contribution in [2.45, 2.75) is 20.8 Å². The van der Waals surface area contributed by atoms with E-state index >= 15 is 0 Å². The fourth-order valence-corrected chi connectivity index (χ4v) is 2.10. The summed E-state index contributed by atoms with van der Waals surface area (Å²) in [4.78, 5) is 16.9. The van der Waals surface area contributed by atoms with Crippen molar-refractivity contribution in [3.05, 3.63) is 10.6 Å². The molecule has 1 rings (SSSR count). The summed E-state index contributed by atoms with van der Waals surface area (Å²) in [6, 6.07) is 0. The molecule has 1 aliphatic carbocycles. The van der Waals surface area contributed by atoms with E-state index < -0.39 is 0 Å². The molecular weight excluding hydrogens is 249 g/mol. The largest absolute Gasteiger partial charge is 0.383 e. The van der Waals surface area contributed by atoms with Gasteiger partial charge in [-0.15, -0.1) is 0 Å². The van der Waals surface area contributed by atoms with Gasteiger partial charge < -0.3 is 0 Å². The first-order chi connectivity index (χ1) is 7.30. The lowest BCUT2D eigenvalue weighted by Gasteiger charge is -1.98. The Kier molecular flexibility index (Phi) is 4.02. The molecule has 3 nitrogen and oxygen atoms in total. The minimum absolute atomic E-state index is 0.0512. The molecule has 0 aromatic heterocycles. The van der Waals surface area contributed by atoms with Crippen LogP contribution in [-0.2, 0) is 9.63 Å². The number of nitrogens with zero attached hydrogens (tertiary/aromatic N) is 1. The molecule has 5 heteroatoms. The maximum atomic E-state index is 11.8. The first kappa shape index (κ1) is 13.5. The first-order valence-electron chi connectivity index (χ1n) is 5.07. The van der Waals surface area contributed by atoms with Gasteiger partial charge in [0.25, 0.3) is 0 Å². The van der Waals surface area contributed by atoms with Crippen LogP contribution in [0.15, 0.2) is 10.6 Å². The first-order valence-corrected chi connectivity index (χ1v) is 5.83. The van der Waals surface area contributed by atoms with Gasteiger partial charge in [-0.05, 0) is 22.1 Å². The highest BCUT2D eigenvalue weighted by atomic mass is 35.5. The van der Waals surface area contributed by atoms with Gasteiger partial charge in [-0.3, -0.25) is 0 Å². The quantitative estimate of drug-likeness (QED) is 0.340. The van der Waals surface area contributed by atoms with Gasteiger partial charge in [0.1, 0.15) is 4.49 Å². The van der Waals surface area contributed by atoms with Crippen molar-refractivity contribution in [2.24, 2.45) is 17.3 Å². The fourth-order valence-electron chi connectivity index (χ4n) is 1.83. The van der Waals surface area contributed by atoms with Crippen LogP contribution < -0.4 is 0 Å². The van der Waals surface area contributed by atoms with E-state index in [-0.39, 0.29) is 27.7 Å². The minimum atomic E-state index is -0.249. The molecule has 1 aliphatic rings. The smallest absolute Gasteiger partial charge is 0.244 e. The van der Waals surface area contributed by atoms with Gasteiger partial charge in [0.15, 0.2) is 13.3 Å². The molecule has 0 aromatic carbocycles. The van der Waals surface area contributed by atoms with E-state index in [1.807, 2.05) is 13.8 Å². The third-order valence-corrected chi connectivity index (χ3v) is 3.32. The molecule has 16 heavy (non-hydrogen) atoms. The Morgan fingerprint density at radius 2 is 2.00 bits per heavy atom. The van der Waals surface area contributed by atoms with E-state index in [9.17, 15) is 4.79 Å². The lowest BCUT2D eigenvalue weighted by atomic mass is 10.1. The lowest BCUT2D eigenvalue weighted by Crippen LogP contribution is -2.18. The number of hydroxylamine groups is 1. The van der Waals surface area contributed by atoms with Crippen molar-refractivity contribution in [3.63, 3.8) is 0 Å². The zero-order valence-electron chi connectivity index (χ0n) is 9.83. The average molecular weight is 265 g/mol. The van der Waals surface area contributed by atoms with Crippen molar-refractivity contribution in [1.29, 1.82) is 0 Å². The Morgan fingerprint density at radius 3 is 2.44 bits per heavy atom. The van der Waals surface area contributed by atoms with Crippen molar-refractivity contribution in [1.82, 2.24) is 0 Å². The normalized spacial score (nSPS) is 27.2. The summed E-state index contributed by atoms with van der Waals surface area (Å²) in [7, 11) is 1.67. The molecule has 2 atom stereocenters. The maximum Gasteiger partial charge on any atom is 0.383 e. The third-order valence-electron chi connectivity index (χ3n) is 3.07. The molecule has 0 N–H and O–H groups in total. The summed E-state index contributed by atoms with van der Waals surface area (Å²) >= 11 is 11.2. The minimum Gasteiger partial charge on any atom is -0.244 e. The van der Waals surface area contributed by atoms with Crippen molar-refractivity contribution in [3.8, 4) is 0 Å². The van der Waals surface area contributed by atoms with E-state index in [1.165, 1.54) is 4.74 Å². The predicted molar refractivity (Wildman–Crippen MR) is 64.6 cm³/mol. The molecule has 0 amide bonds. The van der Waals surface area contributed by atoms with Gasteiger partial charge in [0.05, 0.1) is 5.92 Å². The SMILES string of the molecule is CC=[N+](C)OC(=O)C1C(C=C(Cl)Cl)C1(C)C. The summed E-state index contributed by atoms with van der Waals surface area (Å²) in [5.74, 6) is -0.376. The molecule has 1 fully saturated rings. The van der Waals surface area contributed by atoms with Crippen LogP contribution in [0.3, 0.4) is 0 Å². The van der Waals surface area contributed by atoms with Crippen LogP contribution in [-0.4, -0.2) is 24.0 Å². The van der Waals surface area contributed by atoms with Gasteiger partial charge in [-0.25, -0.2) is 4.79 Å². The molecule has 90 valence electrons. The summed E-state index contributed by atoms with van der Waals surface area (Å²) < 4.78 is 1.59. The summed E-state index contributed by atoms with van der Waals surface area (Å²) in [5.41, 5.74) is -0.138. The molecule has 0 aromatic rings. The van der Waals surface area contributed by atoms with E-state index in [0.29, 0.717) is 0 Å². The maximum absolute atomic E-state index is 11.8. The number of halogens is 2. The Labute approximate surface area is 106 Å². The highest BCUT2D eigenvalue weighted by molar-refractivity contribution is 6.55. The van der Waals surface area contributed by atoms with E-state index in [2.05, 4.69) is 0 Å². The number of rotatable bonds is 3. The van der Waals surface area contributed by atoms with Crippen LogP contribution in [0.1, 0.15) is 20.8 Å². The molecule has 0 saturated heterocycles. The molecule has 1 saturated carbocycles. The Bertz CT molecular complexity index is 357. The zero-order chi connectivity index (χ0) is 12.5. The van der Waals surface area contributed by atoms with E-state index in [4.69, 9.17) is 28.0 Å². The number of hydrogen-bond acceptors (Lipinski definition) is 2. The number of hydrogen-bond donors (Lipinski definition) is 0. The fraction of sp³-hybridized carbons (Fsp3) is 0.636. The van der Waals surface area contributed by atoms with Crippen LogP contribution >= 0.6 is 23.2 Å². The van der Waals surface area contributed by atoms with Crippen molar-refractivity contribution >= 4 is 35.4 Å². The number of allylic oxidation sites excluding steroid dienone is 1. The predicted octanol–water partition coefficient (Wildman–Crippen LogP) is 2.77. The second-order valence-corrected chi connectivity index (χ2v) is 5.50. The monoisotopic (exact) mass is 264 g/mol. The number of carbonyl (C=O) groups excluding carboxylic acids is 1. The average Bonchev–Trinajstić information content (AvgIpc) is 2.66. The van der Waals surface area contributed by atoms with Crippen molar-refractivity contribution in [2.75, 3.05) is 7.05 Å². The highest BCUT2D eigenvalue weighted by Gasteiger charge is 2.62. The lowest BCUT2D eigenvalue weighted by molar-refractivity contribution is -0.738. The molecule has 0 heterocycles. The zero-order valence-corrected chi connectivity index (χ0v) is 11.3.